The summed E-state index contributed by atoms with van der Waals surface area (Å²) < 4.78 is 47.4. The summed E-state index contributed by atoms with van der Waals surface area (Å²) in [6.45, 7) is 3.46. The van der Waals surface area contributed by atoms with Crippen molar-refractivity contribution >= 4 is 39.1 Å². The smallest absolute Gasteiger partial charge is 0.264 e. The Kier molecular flexibility index (Phi) is 10.9. The third-order valence-electron chi connectivity index (χ3n) is 6.23. The summed E-state index contributed by atoms with van der Waals surface area (Å²) in [5.74, 6) is -1.07. The summed E-state index contributed by atoms with van der Waals surface area (Å²) in [5, 5.41) is 2.98. The van der Waals surface area contributed by atoms with Gasteiger partial charge in [0.25, 0.3) is 10.0 Å². The molecule has 0 heterocycles. The van der Waals surface area contributed by atoms with Crippen molar-refractivity contribution in [3.05, 3.63) is 89.2 Å². The maximum absolute atomic E-state index is 14.0. The fourth-order valence-corrected chi connectivity index (χ4v) is 5.81. The van der Waals surface area contributed by atoms with Crippen LogP contribution in [-0.4, -0.2) is 51.4 Å². The highest BCUT2D eigenvalue weighted by atomic mass is 35.5. The highest BCUT2D eigenvalue weighted by molar-refractivity contribution is 7.92. The van der Waals surface area contributed by atoms with E-state index in [1.54, 1.807) is 25.1 Å². The molecule has 2 amide bonds. The van der Waals surface area contributed by atoms with Gasteiger partial charge in [0.15, 0.2) is 0 Å². The SMILES string of the molecule is CCCNC(=O)C(CC)N(Cc1ccc(F)cc1)C(=O)CN(c1ccc(OC)c(Cl)c1)S(=O)(=O)c1ccccc1. The molecule has 8 nitrogen and oxygen atoms in total. The Morgan fingerprint density at radius 3 is 2.27 bits per heavy atom. The number of hydrogen-bond donors (Lipinski definition) is 1. The zero-order valence-corrected chi connectivity index (χ0v) is 24.2. The van der Waals surface area contributed by atoms with Gasteiger partial charge in [0.05, 0.1) is 22.7 Å². The first-order valence-electron chi connectivity index (χ1n) is 12.8. The second-order valence-electron chi connectivity index (χ2n) is 9.01. The van der Waals surface area contributed by atoms with Gasteiger partial charge in [-0.1, -0.05) is 55.8 Å². The molecule has 1 unspecified atom stereocenters. The number of benzene rings is 3. The molecule has 40 heavy (non-hydrogen) atoms. The van der Waals surface area contributed by atoms with Crippen molar-refractivity contribution in [2.75, 3.05) is 24.5 Å². The standard InChI is InChI=1S/C29H33ClFN3O5S/c1-4-17-32-29(36)26(5-2)33(19-21-11-13-22(31)14-12-21)28(35)20-34(23-15-16-27(39-3)25(30)18-23)40(37,38)24-9-7-6-8-10-24/h6-16,18,26H,4-5,17,19-20H2,1-3H3,(H,32,36). The highest BCUT2D eigenvalue weighted by Gasteiger charge is 2.33. The summed E-state index contributed by atoms with van der Waals surface area (Å²) in [6, 6.07) is 16.8. The first-order valence-corrected chi connectivity index (χ1v) is 14.7. The third kappa shape index (κ3) is 7.51. The zero-order valence-electron chi connectivity index (χ0n) is 22.6. The minimum absolute atomic E-state index is 0.0208. The Bertz CT molecular complexity index is 1400. The van der Waals surface area contributed by atoms with Crippen LogP contribution in [0.3, 0.4) is 0 Å². The summed E-state index contributed by atoms with van der Waals surface area (Å²) in [7, 11) is -2.79. The van der Waals surface area contributed by atoms with Crippen molar-refractivity contribution < 1.29 is 27.1 Å². The van der Waals surface area contributed by atoms with Crippen LogP contribution < -0.4 is 14.4 Å². The lowest BCUT2D eigenvalue weighted by atomic mass is 10.1. The lowest BCUT2D eigenvalue weighted by Gasteiger charge is -2.33. The number of nitrogens with zero attached hydrogens (tertiary/aromatic N) is 2. The normalized spacial score (nSPS) is 11.9. The third-order valence-corrected chi connectivity index (χ3v) is 8.32. The molecule has 0 bridgehead atoms. The molecule has 11 heteroatoms. The molecular formula is C29H33ClFN3O5S. The molecule has 214 valence electrons. The van der Waals surface area contributed by atoms with Gasteiger partial charge in [-0.3, -0.25) is 13.9 Å². The molecule has 1 atom stereocenters. The van der Waals surface area contributed by atoms with Gasteiger partial charge in [-0.2, -0.15) is 0 Å². The molecule has 0 aromatic heterocycles. The van der Waals surface area contributed by atoms with E-state index in [1.165, 1.54) is 66.6 Å². The van der Waals surface area contributed by atoms with Crippen LogP contribution in [-0.2, 0) is 26.2 Å². The van der Waals surface area contributed by atoms with Crippen LogP contribution in [0.4, 0.5) is 10.1 Å². The zero-order chi connectivity index (χ0) is 29.3. The minimum atomic E-state index is -4.23. The number of hydrogen-bond acceptors (Lipinski definition) is 5. The van der Waals surface area contributed by atoms with Crippen LogP contribution in [0.2, 0.25) is 5.02 Å². The molecule has 0 aliphatic rings. The van der Waals surface area contributed by atoms with Crippen molar-refractivity contribution in [3.63, 3.8) is 0 Å². The topological polar surface area (TPSA) is 96.0 Å². The van der Waals surface area contributed by atoms with Gasteiger partial charge in [0.1, 0.15) is 24.2 Å². The predicted octanol–water partition coefficient (Wildman–Crippen LogP) is 5.02. The van der Waals surface area contributed by atoms with Crippen molar-refractivity contribution in [1.82, 2.24) is 10.2 Å². The average Bonchev–Trinajstić information content (AvgIpc) is 2.95. The molecule has 0 spiro atoms. The number of carbonyl (C=O) groups excluding carboxylic acids is 2. The van der Waals surface area contributed by atoms with Gasteiger partial charge in [0, 0.05) is 13.1 Å². The van der Waals surface area contributed by atoms with Gasteiger partial charge in [0.2, 0.25) is 11.8 Å². The van der Waals surface area contributed by atoms with Gasteiger partial charge in [-0.15, -0.1) is 0 Å². The first kappa shape index (κ1) is 30.9. The molecule has 0 saturated carbocycles. The largest absolute Gasteiger partial charge is 0.495 e. The Morgan fingerprint density at radius 1 is 1.02 bits per heavy atom. The molecule has 0 aliphatic carbocycles. The number of rotatable bonds is 13. The number of anilines is 1. The van der Waals surface area contributed by atoms with E-state index in [-0.39, 0.29) is 34.5 Å². The average molecular weight is 590 g/mol. The Balaban J connectivity index is 2.07. The molecule has 0 saturated heterocycles. The second-order valence-corrected chi connectivity index (χ2v) is 11.3. The van der Waals surface area contributed by atoms with Crippen molar-refractivity contribution in [2.45, 2.75) is 44.2 Å². The highest BCUT2D eigenvalue weighted by Crippen LogP contribution is 2.32. The number of ether oxygens (including phenoxy) is 1. The molecule has 0 aliphatic heterocycles. The van der Waals surface area contributed by atoms with E-state index in [4.69, 9.17) is 16.3 Å². The second kappa shape index (κ2) is 14.1. The van der Waals surface area contributed by atoms with Crippen LogP contribution >= 0.6 is 11.6 Å². The fourth-order valence-electron chi connectivity index (χ4n) is 4.13. The Labute approximate surface area is 239 Å². The summed E-state index contributed by atoms with van der Waals surface area (Å²) in [4.78, 5) is 28.4. The van der Waals surface area contributed by atoms with Crippen LogP contribution in [0, 0.1) is 5.82 Å². The van der Waals surface area contributed by atoms with Crippen molar-refractivity contribution in [3.8, 4) is 5.75 Å². The summed E-state index contributed by atoms with van der Waals surface area (Å²) in [6.07, 6.45) is 0.984. The number of halogens is 2. The minimum Gasteiger partial charge on any atom is -0.495 e. The van der Waals surface area contributed by atoms with E-state index in [9.17, 15) is 22.4 Å². The van der Waals surface area contributed by atoms with E-state index in [2.05, 4.69) is 5.32 Å². The van der Waals surface area contributed by atoms with Crippen LogP contribution in [0.1, 0.15) is 32.3 Å². The summed E-state index contributed by atoms with van der Waals surface area (Å²) in [5.41, 5.74) is 0.731. The lowest BCUT2D eigenvalue weighted by molar-refractivity contribution is -0.140. The van der Waals surface area contributed by atoms with E-state index in [1.807, 2.05) is 6.92 Å². The number of carbonyl (C=O) groups is 2. The molecule has 3 aromatic carbocycles. The van der Waals surface area contributed by atoms with Gasteiger partial charge in [-0.25, -0.2) is 12.8 Å². The van der Waals surface area contributed by atoms with Gasteiger partial charge >= 0.3 is 0 Å². The van der Waals surface area contributed by atoms with Gasteiger partial charge in [-0.05, 0) is 60.9 Å². The fraction of sp³-hybridized carbons (Fsp3) is 0.310. The maximum Gasteiger partial charge on any atom is 0.264 e. The predicted molar refractivity (Wildman–Crippen MR) is 153 cm³/mol. The Morgan fingerprint density at radius 2 is 1.70 bits per heavy atom. The first-order chi connectivity index (χ1) is 19.1. The molecule has 3 rings (SSSR count). The number of sulfonamides is 1. The van der Waals surface area contributed by atoms with E-state index in [0.29, 0.717) is 24.3 Å². The lowest BCUT2D eigenvalue weighted by Crippen LogP contribution is -2.52. The van der Waals surface area contributed by atoms with Crippen LogP contribution in [0.25, 0.3) is 0 Å². The molecule has 3 aromatic rings. The number of amides is 2. The molecule has 0 fully saturated rings. The maximum atomic E-state index is 14.0. The monoisotopic (exact) mass is 589 g/mol. The van der Waals surface area contributed by atoms with Crippen molar-refractivity contribution in [2.24, 2.45) is 0 Å². The summed E-state index contributed by atoms with van der Waals surface area (Å²) >= 11 is 6.33. The Hall–Kier alpha value is -3.63. The number of methoxy groups -OCH3 is 1. The van der Waals surface area contributed by atoms with Crippen LogP contribution in [0.15, 0.2) is 77.7 Å². The van der Waals surface area contributed by atoms with E-state index < -0.39 is 34.3 Å². The molecule has 0 radical (unpaired) electrons. The molecular weight excluding hydrogens is 557 g/mol. The van der Waals surface area contributed by atoms with Gasteiger partial charge < -0.3 is 15.0 Å². The van der Waals surface area contributed by atoms with Crippen LogP contribution in [0.5, 0.6) is 5.75 Å². The van der Waals surface area contributed by atoms with E-state index >= 15 is 0 Å². The van der Waals surface area contributed by atoms with Crippen molar-refractivity contribution in [1.29, 1.82) is 0 Å². The number of nitrogens with one attached hydrogen (secondary N) is 1. The quantitative estimate of drug-likeness (QED) is 0.302. The molecule has 1 N–H and O–H groups in total. The van der Waals surface area contributed by atoms with E-state index in [0.717, 1.165) is 4.31 Å².